The number of amides is 5. The highest BCUT2D eigenvalue weighted by molar-refractivity contribution is 9.10. The first kappa shape index (κ1) is 37.8. The van der Waals surface area contributed by atoms with Crippen molar-refractivity contribution in [2.45, 2.75) is 56.1 Å². The molecule has 6 heterocycles. The number of imide groups is 2. The molecule has 3 atom stereocenters. The van der Waals surface area contributed by atoms with Crippen LogP contribution in [-0.2, 0) is 14.4 Å². The zero-order valence-electron chi connectivity index (χ0n) is 30.9. The predicted octanol–water partition coefficient (Wildman–Crippen LogP) is 3.33. The number of likely N-dealkylation sites (tertiary alicyclic amines) is 2. The highest BCUT2D eigenvalue weighted by atomic mass is 79.9. The van der Waals surface area contributed by atoms with E-state index in [4.69, 9.17) is 4.74 Å². The first-order chi connectivity index (χ1) is 27.0. The molecule has 4 aliphatic rings. The van der Waals surface area contributed by atoms with Crippen LogP contribution in [0.5, 0.6) is 5.75 Å². The molecule has 0 saturated carbocycles. The first-order valence-corrected chi connectivity index (χ1v) is 20.3. The first-order valence-electron chi connectivity index (χ1n) is 18.6. The minimum absolute atomic E-state index is 0.00541. The number of likely N-dealkylation sites (N-methyl/N-ethyl adjacent to an activating group) is 1. The van der Waals surface area contributed by atoms with Crippen molar-refractivity contribution in [1.29, 1.82) is 0 Å². The lowest BCUT2D eigenvalue weighted by atomic mass is 9.88. The second-order valence-corrected chi connectivity index (χ2v) is 16.5. The molecule has 17 heteroatoms. The Morgan fingerprint density at radius 2 is 1.80 bits per heavy atom. The van der Waals surface area contributed by atoms with E-state index in [1.54, 1.807) is 29.3 Å². The molecule has 2 aromatic heterocycles. The van der Waals surface area contributed by atoms with Crippen LogP contribution >= 0.6 is 27.3 Å². The fourth-order valence-electron chi connectivity index (χ4n) is 8.38. The molecule has 8 rings (SSSR count). The van der Waals surface area contributed by atoms with E-state index in [0.717, 1.165) is 30.0 Å². The Balaban J connectivity index is 0.837. The number of fused-ring (bicyclic) bond motifs is 2. The Bertz CT molecular complexity index is 2290. The number of thiazole rings is 1. The molecule has 4 aromatic rings. The maximum atomic E-state index is 13.6. The van der Waals surface area contributed by atoms with Crippen LogP contribution in [0.4, 0.5) is 11.5 Å². The zero-order valence-corrected chi connectivity index (χ0v) is 33.3. The number of halogens is 1. The summed E-state index contributed by atoms with van der Waals surface area (Å²) in [5.41, 5.74) is 2.11. The number of benzene rings is 2. The molecule has 5 amide bonds. The molecule has 292 valence electrons. The van der Waals surface area contributed by atoms with Crippen LogP contribution < -0.4 is 25.8 Å². The van der Waals surface area contributed by atoms with Crippen LogP contribution in [0.1, 0.15) is 64.3 Å². The second-order valence-electron chi connectivity index (χ2n) is 14.9. The van der Waals surface area contributed by atoms with E-state index in [2.05, 4.69) is 43.5 Å². The SMILES string of the molecule is CN1C[C@H](Nc2nc3sccn3c(=O)c2Br)C[C@H](c2ccc(OCC(=O)N3CCC(N(C)c4cccc5c4C(=O)N(C4CCC(=O)NC4=O)C5=O)CC3)cc2)C1. The van der Waals surface area contributed by atoms with Gasteiger partial charge in [-0.25, -0.2) is 4.98 Å². The zero-order chi connectivity index (χ0) is 39.2. The summed E-state index contributed by atoms with van der Waals surface area (Å²) < 4.78 is 7.88. The number of ether oxygens (including phenoxy) is 1. The number of anilines is 2. The lowest BCUT2D eigenvalue weighted by molar-refractivity contribution is -0.136. The molecule has 0 radical (unpaired) electrons. The summed E-state index contributed by atoms with van der Waals surface area (Å²) >= 11 is 4.86. The third-order valence-corrected chi connectivity index (χ3v) is 12.8. The lowest BCUT2D eigenvalue weighted by Crippen LogP contribution is -2.54. The summed E-state index contributed by atoms with van der Waals surface area (Å²) in [4.78, 5) is 89.5. The fourth-order valence-corrected chi connectivity index (χ4v) is 9.48. The minimum Gasteiger partial charge on any atom is -0.484 e. The van der Waals surface area contributed by atoms with Gasteiger partial charge in [-0.1, -0.05) is 18.2 Å². The highest BCUT2D eigenvalue weighted by Crippen LogP contribution is 2.36. The molecule has 2 aromatic carbocycles. The van der Waals surface area contributed by atoms with E-state index in [9.17, 15) is 28.8 Å². The Morgan fingerprint density at radius 3 is 2.55 bits per heavy atom. The van der Waals surface area contributed by atoms with Crippen molar-refractivity contribution in [3.8, 4) is 5.75 Å². The molecule has 0 spiro atoms. The second kappa shape index (κ2) is 15.4. The summed E-state index contributed by atoms with van der Waals surface area (Å²) in [7, 11) is 3.96. The average Bonchev–Trinajstić information content (AvgIpc) is 3.77. The monoisotopic (exact) mass is 844 g/mol. The Hall–Kier alpha value is -5.13. The van der Waals surface area contributed by atoms with Crippen LogP contribution in [-0.4, -0.2) is 119 Å². The van der Waals surface area contributed by atoms with Crippen molar-refractivity contribution < 1.29 is 28.7 Å². The van der Waals surface area contributed by atoms with E-state index < -0.39 is 29.7 Å². The van der Waals surface area contributed by atoms with Gasteiger partial charge in [0.15, 0.2) is 11.6 Å². The number of aromatic nitrogens is 2. The summed E-state index contributed by atoms with van der Waals surface area (Å²) in [6.45, 7) is 2.62. The molecular weight excluding hydrogens is 804 g/mol. The van der Waals surface area contributed by atoms with Gasteiger partial charge in [0.05, 0.1) is 16.8 Å². The number of nitrogens with zero attached hydrogens (tertiary/aromatic N) is 6. The van der Waals surface area contributed by atoms with Gasteiger partial charge in [-0.3, -0.25) is 43.4 Å². The lowest BCUT2D eigenvalue weighted by Gasteiger charge is -2.38. The van der Waals surface area contributed by atoms with Crippen LogP contribution in [0.3, 0.4) is 0 Å². The summed E-state index contributed by atoms with van der Waals surface area (Å²) in [6.07, 6.45) is 4.03. The summed E-state index contributed by atoms with van der Waals surface area (Å²) in [6, 6.07) is 12.1. The van der Waals surface area contributed by atoms with Crippen molar-refractivity contribution in [3.05, 3.63) is 85.6 Å². The maximum absolute atomic E-state index is 13.6. The predicted molar refractivity (Wildman–Crippen MR) is 212 cm³/mol. The highest BCUT2D eigenvalue weighted by Gasteiger charge is 2.46. The number of carbonyl (C=O) groups is 5. The number of piperidine rings is 3. The van der Waals surface area contributed by atoms with Crippen molar-refractivity contribution in [1.82, 2.24) is 29.4 Å². The van der Waals surface area contributed by atoms with Gasteiger partial charge in [-0.15, -0.1) is 11.3 Å². The number of hydrogen-bond acceptors (Lipinski definition) is 12. The Kier molecular flexibility index (Phi) is 10.4. The molecule has 1 unspecified atom stereocenters. The van der Waals surface area contributed by atoms with Crippen LogP contribution in [0, 0.1) is 0 Å². The Morgan fingerprint density at radius 1 is 1.04 bits per heavy atom. The largest absolute Gasteiger partial charge is 0.484 e. The minimum atomic E-state index is -1.03. The van der Waals surface area contributed by atoms with Crippen molar-refractivity contribution in [2.75, 3.05) is 57.1 Å². The van der Waals surface area contributed by atoms with Gasteiger partial charge in [-0.2, -0.15) is 0 Å². The van der Waals surface area contributed by atoms with Crippen LogP contribution in [0.2, 0.25) is 0 Å². The third kappa shape index (κ3) is 7.18. The van der Waals surface area contributed by atoms with Crippen molar-refractivity contribution in [3.63, 3.8) is 0 Å². The summed E-state index contributed by atoms with van der Waals surface area (Å²) in [5, 5.41) is 7.57. The summed E-state index contributed by atoms with van der Waals surface area (Å²) in [5.74, 6) is -0.854. The van der Waals surface area contributed by atoms with Gasteiger partial charge in [-0.05, 0) is 84.4 Å². The van der Waals surface area contributed by atoms with Gasteiger partial charge in [0.1, 0.15) is 22.1 Å². The molecule has 0 bridgehead atoms. The van der Waals surface area contributed by atoms with Crippen LogP contribution in [0.25, 0.3) is 4.96 Å². The third-order valence-electron chi connectivity index (χ3n) is 11.3. The molecular formula is C39H41BrN8O7S. The normalized spacial score (nSPS) is 22.0. The molecule has 56 heavy (non-hydrogen) atoms. The van der Waals surface area contributed by atoms with E-state index in [1.807, 2.05) is 41.6 Å². The van der Waals surface area contributed by atoms with E-state index >= 15 is 0 Å². The molecule has 2 N–H and O–H groups in total. The average molecular weight is 846 g/mol. The van der Waals surface area contributed by atoms with Gasteiger partial charge >= 0.3 is 0 Å². The molecule has 3 fully saturated rings. The molecule has 15 nitrogen and oxygen atoms in total. The fraction of sp³-hybridized carbons (Fsp3) is 0.410. The number of hydrogen-bond donors (Lipinski definition) is 2. The van der Waals surface area contributed by atoms with E-state index in [0.29, 0.717) is 52.6 Å². The van der Waals surface area contributed by atoms with E-state index in [-0.39, 0.29) is 60.0 Å². The number of rotatable bonds is 9. The standard InChI is InChI=1S/C39H41BrN8O7S/c1-44-19-23(18-24(20-44)41-34-33(40)38(54)47-16-17-56-39(47)43-34)22-6-8-26(9-7-22)55-21-31(50)46-14-12-25(13-15-46)45(2)28-5-3-4-27-32(28)37(53)48(36(27)52)29-10-11-30(49)42-35(29)51/h3-9,16-17,23-25,29,41H,10-15,18-21H2,1-2H3,(H,42,49,51)/t23-,24+,29?/m0/s1. The number of nitrogens with one attached hydrogen (secondary N) is 2. The smallest absolute Gasteiger partial charge is 0.275 e. The van der Waals surface area contributed by atoms with E-state index in [1.165, 1.54) is 15.7 Å². The van der Waals surface area contributed by atoms with Gasteiger partial charge < -0.3 is 24.8 Å². The molecule has 3 saturated heterocycles. The van der Waals surface area contributed by atoms with Gasteiger partial charge in [0, 0.05) is 63.3 Å². The maximum Gasteiger partial charge on any atom is 0.275 e. The van der Waals surface area contributed by atoms with Crippen LogP contribution in [0.15, 0.2) is 63.3 Å². The topological polar surface area (TPSA) is 166 Å². The molecule has 4 aliphatic heterocycles. The Labute approximate surface area is 334 Å². The molecule has 0 aliphatic carbocycles. The van der Waals surface area contributed by atoms with Gasteiger partial charge in [0.25, 0.3) is 23.3 Å². The van der Waals surface area contributed by atoms with Crippen molar-refractivity contribution >= 4 is 73.3 Å². The van der Waals surface area contributed by atoms with Gasteiger partial charge in [0.2, 0.25) is 11.8 Å². The number of carbonyl (C=O) groups excluding carboxylic acids is 5. The quantitative estimate of drug-likeness (QED) is 0.238. The van der Waals surface area contributed by atoms with Crippen molar-refractivity contribution in [2.24, 2.45) is 0 Å².